The molecule has 4 rings (SSSR count). The number of nitrogens with zero attached hydrogens (tertiary/aromatic N) is 4. The van der Waals surface area contributed by atoms with Crippen LogP contribution < -0.4 is 0 Å². The monoisotopic (exact) mass is 448 g/mol. The van der Waals surface area contributed by atoms with Crippen LogP contribution in [-0.2, 0) is 26.3 Å². The summed E-state index contributed by atoms with van der Waals surface area (Å²) in [6, 6.07) is 13.2. The lowest BCUT2D eigenvalue weighted by Crippen LogP contribution is -2.47. The van der Waals surface area contributed by atoms with Gasteiger partial charge in [0.05, 0.1) is 12.0 Å². The minimum atomic E-state index is -1.17. The summed E-state index contributed by atoms with van der Waals surface area (Å²) >= 11 is 0. The highest BCUT2D eigenvalue weighted by atomic mass is 16.2. The second kappa shape index (κ2) is 9.83. The van der Waals surface area contributed by atoms with E-state index < -0.39 is 5.41 Å². The number of rotatable bonds is 7. The maximum absolute atomic E-state index is 13.8. The molecule has 3 heterocycles. The van der Waals surface area contributed by atoms with Crippen LogP contribution in [0.1, 0.15) is 43.2 Å². The van der Waals surface area contributed by atoms with E-state index in [1.54, 1.807) is 36.5 Å². The molecule has 1 aromatic carbocycles. The molecule has 0 N–H and O–H groups in total. The van der Waals surface area contributed by atoms with Crippen LogP contribution in [0.25, 0.3) is 0 Å². The van der Waals surface area contributed by atoms with Crippen LogP contribution in [0.5, 0.6) is 0 Å². The molecular weight excluding hydrogens is 416 g/mol. The number of hydrogen-bond donors (Lipinski definition) is 0. The largest absolute Gasteiger partial charge is 0.344 e. The van der Waals surface area contributed by atoms with Crippen molar-refractivity contribution in [3.63, 3.8) is 0 Å². The Labute approximate surface area is 195 Å². The van der Waals surface area contributed by atoms with E-state index in [-0.39, 0.29) is 37.1 Å². The van der Waals surface area contributed by atoms with Crippen molar-refractivity contribution in [2.24, 2.45) is 0 Å². The zero-order valence-corrected chi connectivity index (χ0v) is 19.4. The lowest BCUT2D eigenvalue weighted by molar-refractivity contribution is -0.143. The number of benzene rings is 1. The molecule has 33 heavy (non-hydrogen) atoms. The first-order valence-electron chi connectivity index (χ1n) is 11.6. The third kappa shape index (κ3) is 4.83. The van der Waals surface area contributed by atoms with E-state index in [0.717, 1.165) is 24.1 Å². The van der Waals surface area contributed by atoms with E-state index in [1.807, 2.05) is 30.3 Å². The van der Waals surface area contributed by atoms with E-state index in [4.69, 9.17) is 0 Å². The molecule has 2 saturated heterocycles. The molecule has 0 unspecified atom stereocenters. The van der Waals surface area contributed by atoms with Gasteiger partial charge in [0.25, 0.3) is 0 Å². The molecule has 0 saturated carbocycles. The van der Waals surface area contributed by atoms with Crippen LogP contribution in [0.2, 0.25) is 0 Å². The van der Waals surface area contributed by atoms with Gasteiger partial charge >= 0.3 is 0 Å². The van der Waals surface area contributed by atoms with E-state index >= 15 is 0 Å². The number of carbonyl (C=O) groups excluding carboxylic acids is 3. The van der Waals surface area contributed by atoms with Crippen LogP contribution in [0.15, 0.2) is 54.9 Å². The molecule has 3 amide bonds. The smallest absolute Gasteiger partial charge is 0.241 e. The number of aromatic nitrogens is 1. The SMILES string of the molecule is CN(C[C@@H]1CCCCN1C)C(=O)C[C@@]1(c2ccccc2)CC(=O)N(Cc2ccncc2)C1=O. The average molecular weight is 449 g/mol. The molecule has 7 nitrogen and oxygen atoms in total. The second-order valence-electron chi connectivity index (χ2n) is 9.35. The number of imide groups is 1. The summed E-state index contributed by atoms with van der Waals surface area (Å²) in [7, 11) is 3.91. The Balaban J connectivity index is 1.57. The van der Waals surface area contributed by atoms with Gasteiger partial charge in [-0.15, -0.1) is 0 Å². The molecule has 2 fully saturated rings. The Kier molecular flexibility index (Phi) is 6.88. The summed E-state index contributed by atoms with van der Waals surface area (Å²) in [4.78, 5) is 49.5. The Bertz CT molecular complexity index is 997. The Morgan fingerprint density at radius 2 is 1.85 bits per heavy atom. The molecule has 0 aliphatic carbocycles. The van der Waals surface area contributed by atoms with E-state index in [1.165, 1.54) is 17.7 Å². The summed E-state index contributed by atoms with van der Waals surface area (Å²) < 4.78 is 0. The molecule has 0 radical (unpaired) electrons. The van der Waals surface area contributed by atoms with Gasteiger partial charge in [-0.05, 0) is 49.7 Å². The summed E-state index contributed by atoms with van der Waals surface area (Å²) in [5.74, 6) is -0.653. The van der Waals surface area contributed by atoms with Crippen molar-refractivity contribution in [2.75, 3.05) is 27.2 Å². The fourth-order valence-electron chi connectivity index (χ4n) is 5.04. The highest BCUT2D eigenvalue weighted by Crippen LogP contribution is 2.41. The van der Waals surface area contributed by atoms with Crippen LogP contribution in [0, 0.1) is 0 Å². The van der Waals surface area contributed by atoms with Crippen LogP contribution in [0.4, 0.5) is 0 Å². The summed E-state index contributed by atoms with van der Waals surface area (Å²) in [6.07, 6.45) is 6.70. The molecule has 0 bridgehead atoms. The van der Waals surface area contributed by atoms with Gasteiger partial charge in [-0.2, -0.15) is 0 Å². The summed E-state index contributed by atoms with van der Waals surface area (Å²) in [6.45, 7) is 1.85. The van der Waals surface area contributed by atoms with Crippen molar-refractivity contribution in [1.29, 1.82) is 0 Å². The first-order chi connectivity index (χ1) is 15.9. The van der Waals surface area contributed by atoms with Crippen molar-refractivity contribution in [3.8, 4) is 0 Å². The molecule has 7 heteroatoms. The van der Waals surface area contributed by atoms with Gasteiger partial charge < -0.3 is 9.80 Å². The van der Waals surface area contributed by atoms with E-state index in [2.05, 4.69) is 16.9 Å². The molecule has 174 valence electrons. The minimum Gasteiger partial charge on any atom is -0.344 e. The fourth-order valence-corrected chi connectivity index (χ4v) is 5.04. The quantitative estimate of drug-likeness (QED) is 0.609. The number of likely N-dealkylation sites (tertiary alicyclic amines) is 2. The van der Waals surface area contributed by atoms with Gasteiger partial charge in [-0.3, -0.25) is 24.3 Å². The predicted octanol–water partition coefficient (Wildman–Crippen LogP) is 2.61. The van der Waals surface area contributed by atoms with Crippen LogP contribution in [-0.4, -0.2) is 70.6 Å². The number of amides is 3. The number of likely N-dealkylation sites (N-methyl/N-ethyl adjacent to an activating group) is 2. The maximum atomic E-state index is 13.8. The molecule has 1 aromatic heterocycles. The van der Waals surface area contributed by atoms with Crippen molar-refractivity contribution < 1.29 is 14.4 Å². The first-order valence-corrected chi connectivity index (χ1v) is 11.6. The number of carbonyl (C=O) groups is 3. The fraction of sp³-hybridized carbons (Fsp3) is 0.462. The third-order valence-corrected chi connectivity index (χ3v) is 7.11. The van der Waals surface area contributed by atoms with Crippen LogP contribution >= 0.6 is 0 Å². The predicted molar refractivity (Wildman–Crippen MR) is 125 cm³/mol. The summed E-state index contributed by atoms with van der Waals surface area (Å²) in [5.41, 5.74) is 0.381. The zero-order chi connectivity index (χ0) is 23.4. The Morgan fingerprint density at radius 3 is 2.55 bits per heavy atom. The maximum Gasteiger partial charge on any atom is 0.241 e. The summed E-state index contributed by atoms with van der Waals surface area (Å²) in [5, 5.41) is 0. The number of pyridine rings is 1. The average Bonchev–Trinajstić information content (AvgIpc) is 3.06. The number of piperidine rings is 1. The number of hydrogen-bond acceptors (Lipinski definition) is 5. The molecular formula is C26H32N4O3. The normalized spacial score (nSPS) is 23.7. The van der Waals surface area contributed by atoms with Gasteiger partial charge in [-0.1, -0.05) is 36.8 Å². The molecule has 0 spiro atoms. The standard InChI is InChI=1S/C26H32N4O3/c1-28-15-7-6-10-22(28)19-29(2)23(31)16-26(21-8-4-3-5-9-21)17-24(32)30(25(26)33)18-20-11-13-27-14-12-20/h3-5,8-9,11-14,22H,6-7,10,15-19H2,1-2H3/t22-,26-/m0/s1. The van der Waals surface area contributed by atoms with Crippen LogP contribution in [0.3, 0.4) is 0 Å². The van der Waals surface area contributed by atoms with Gasteiger partial charge in [0, 0.05) is 44.9 Å². The van der Waals surface area contributed by atoms with E-state index in [9.17, 15) is 14.4 Å². The Morgan fingerprint density at radius 1 is 1.12 bits per heavy atom. The van der Waals surface area contributed by atoms with Gasteiger partial charge in [0.1, 0.15) is 0 Å². The van der Waals surface area contributed by atoms with E-state index in [0.29, 0.717) is 12.6 Å². The van der Waals surface area contributed by atoms with Crippen molar-refractivity contribution >= 4 is 17.7 Å². The highest BCUT2D eigenvalue weighted by Gasteiger charge is 2.54. The van der Waals surface area contributed by atoms with Gasteiger partial charge in [-0.25, -0.2) is 0 Å². The minimum absolute atomic E-state index is 0.00381. The third-order valence-electron chi connectivity index (χ3n) is 7.11. The second-order valence-corrected chi connectivity index (χ2v) is 9.35. The lowest BCUT2D eigenvalue weighted by Gasteiger charge is -2.36. The molecule has 2 atom stereocenters. The first kappa shape index (κ1) is 23.1. The highest BCUT2D eigenvalue weighted by molar-refractivity contribution is 6.10. The van der Waals surface area contributed by atoms with Crippen molar-refractivity contribution in [2.45, 2.75) is 50.1 Å². The van der Waals surface area contributed by atoms with Gasteiger partial charge in [0.15, 0.2) is 0 Å². The zero-order valence-electron chi connectivity index (χ0n) is 19.4. The molecule has 2 aliphatic rings. The van der Waals surface area contributed by atoms with Crippen molar-refractivity contribution in [1.82, 2.24) is 19.7 Å². The lowest BCUT2D eigenvalue weighted by atomic mass is 9.75. The van der Waals surface area contributed by atoms with Gasteiger partial charge in [0.2, 0.25) is 17.7 Å². The molecule has 2 aliphatic heterocycles. The molecule has 2 aromatic rings. The Hall–Kier alpha value is -3.06. The topological polar surface area (TPSA) is 73.8 Å². The van der Waals surface area contributed by atoms with Crippen molar-refractivity contribution in [3.05, 3.63) is 66.0 Å².